The number of hydrogen-bond donors (Lipinski definition) is 3. The first-order chi connectivity index (χ1) is 26.1. The molecule has 0 saturated carbocycles. The molecule has 3 aliphatic rings. The molecule has 2 aliphatic heterocycles. The molecule has 6 rings (SSSR count). The number of carbonyl (C=O) groups excluding carboxylic acids is 1. The zero-order valence-corrected chi connectivity index (χ0v) is 30.5. The molecule has 288 valence electrons. The van der Waals surface area contributed by atoms with Gasteiger partial charge in [0.25, 0.3) is 0 Å². The van der Waals surface area contributed by atoms with Crippen LogP contribution >= 0.6 is 0 Å². The van der Waals surface area contributed by atoms with Gasteiger partial charge in [-0.1, -0.05) is 73.7 Å². The second kappa shape index (κ2) is 17.9. The maximum Gasteiger partial charge on any atom is 0.336 e. The Labute approximate surface area is 315 Å². The number of hydrogen-bond acceptors (Lipinski definition) is 9. The summed E-state index contributed by atoms with van der Waals surface area (Å²) < 4.78 is 25.2. The predicted octanol–water partition coefficient (Wildman–Crippen LogP) is 5.97. The molecule has 7 atom stereocenters. The lowest BCUT2D eigenvalue weighted by molar-refractivity contribution is -0.235. The molecule has 0 bridgehead atoms. The van der Waals surface area contributed by atoms with Gasteiger partial charge < -0.3 is 34.3 Å². The summed E-state index contributed by atoms with van der Waals surface area (Å²) in [6, 6.07) is 22.8. The lowest BCUT2D eigenvalue weighted by Gasteiger charge is -2.46. The Morgan fingerprint density at radius 1 is 0.778 bits per heavy atom. The molecule has 2 fully saturated rings. The third kappa shape index (κ3) is 9.40. The Balaban J connectivity index is 1.40. The lowest BCUT2D eigenvalue weighted by Crippen LogP contribution is -2.54. The van der Waals surface area contributed by atoms with Gasteiger partial charge in [-0.2, -0.15) is 0 Å². The zero-order valence-electron chi connectivity index (χ0n) is 30.5. The summed E-state index contributed by atoms with van der Waals surface area (Å²) in [5, 5.41) is 30.1. The molecule has 54 heavy (non-hydrogen) atoms. The average molecular weight is 744 g/mol. The molecule has 0 aromatic heterocycles. The molecule has 1 aliphatic carbocycles. The van der Waals surface area contributed by atoms with E-state index in [2.05, 4.69) is 11.8 Å². The molecular formula is C42H49NO11. The van der Waals surface area contributed by atoms with Crippen LogP contribution in [-0.4, -0.2) is 75.6 Å². The Kier molecular flexibility index (Phi) is 12.9. The van der Waals surface area contributed by atoms with E-state index in [0.29, 0.717) is 35.4 Å². The van der Waals surface area contributed by atoms with Crippen LogP contribution in [0.15, 0.2) is 72.8 Å². The van der Waals surface area contributed by atoms with Gasteiger partial charge >= 0.3 is 23.9 Å². The van der Waals surface area contributed by atoms with Crippen molar-refractivity contribution in [2.45, 2.75) is 89.9 Å². The molecule has 12 nitrogen and oxygen atoms in total. The summed E-state index contributed by atoms with van der Waals surface area (Å²) in [4.78, 5) is 53.3. The summed E-state index contributed by atoms with van der Waals surface area (Å²) in [5.74, 6) is -7.07. The SMILES string of the molecule is CCCN1CCC[C@@H]2Cc3c(ccc(OCc4ccccc4)c3O[C@@H]3O[C@H](C(=O)OCc4ccccc4)[C@@H](CC(=O)O)[C@H](CC(=O)O)[C@H]3CC(=O)O)C[C@H]21. The Bertz CT molecular complexity index is 1760. The molecule has 2 heterocycles. The van der Waals surface area contributed by atoms with Crippen LogP contribution in [0.1, 0.15) is 67.7 Å². The van der Waals surface area contributed by atoms with Crippen molar-refractivity contribution in [2.75, 3.05) is 13.1 Å². The molecule has 0 unspecified atom stereocenters. The van der Waals surface area contributed by atoms with Gasteiger partial charge in [-0.25, -0.2) is 4.79 Å². The van der Waals surface area contributed by atoms with Gasteiger partial charge in [-0.15, -0.1) is 0 Å². The molecule has 0 spiro atoms. The molecule has 3 aromatic carbocycles. The van der Waals surface area contributed by atoms with Crippen LogP contribution in [0.2, 0.25) is 0 Å². The molecule has 2 saturated heterocycles. The topological polar surface area (TPSA) is 169 Å². The third-order valence-corrected chi connectivity index (χ3v) is 11.0. The van der Waals surface area contributed by atoms with Gasteiger partial charge in [0, 0.05) is 29.9 Å². The summed E-state index contributed by atoms with van der Waals surface area (Å²) in [6.07, 6.45) is -0.220. The van der Waals surface area contributed by atoms with Gasteiger partial charge in [0.2, 0.25) is 6.29 Å². The van der Waals surface area contributed by atoms with Crippen LogP contribution < -0.4 is 9.47 Å². The first kappa shape index (κ1) is 38.8. The molecule has 3 aromatic rings. The van der Waals surface area contributed by atoms with E-state index < -0.39 is 73.3 Å². The predicted molar refractivity (Wildman–Crippen MR) is 196 cm³/mol. The number of piperidine rings is 1. The van der Waals surface area contributed by atoms with Crippen molar-refractivity contribution in [3.63, 3.8) is 0 Å². The summed E-state index contributed by atoms with van der Waals surface area (Å²) in [5.41, 5.74) is 3.57. The number of rotatable bonds is 16. The van der Waals surface area contributed by atoms with E-state index >= 15 is 0 Å². The van der Waals surface area contributed by atoms with Crippen LogP contribution in [-0.2, 0) is 54.7 Å². The Morgan fingerprint density at radius 3 is 2.06 bits per heavy atom. The van der Waals surface area contributed by atoms with Gasteiger partial charge in [-0.05, 0) is 79.8 Å². The molecular weight excluding hydrogens is 694 g/mol. The van der Waals surface area contributed by atoms with Crippen molar-refractivity contribution in [1.29, 1.82) is 0 Å². The Morgan fingerprint density at radius 2 is 1.41 bits per heavy atom. The maximum atomic E-state index is 13.8. The van der Waals surface area contributed by atoms with E-state index in [0.717, 1.165) is 55.5 Å². The fourth-order valence-electron chi connectivity index (χ4n) is 8.62. The second-order valence-electron chi connectivity index (χ2n) is 14.6. The van der Waals surface area contributed by atoms with Crippen molar-refractivity contribution in [3.05, 3.63) is 95.1 Å². The van der Waals surface area contributed by atoms with Crippen molar-refractivity contribution >= 4 is 23.9 Å². The van der Waals surface area contributed by atoms with E-state index in [1.54, 1.807) is 24.3 Å². The fourth-order valence-corrected chi connectivity index (χ4v) is 8.62. The highest BCUT2D eigenvalue weighted by molar-refractivity contribution is 5.78. The van der Waals surface area contributed by atoms with Crippen LogP contribution in [0.5, 0.6) is 11.5 Å². The smallest absolute Gasteiger partial charge is 0.336 e. The number of esters is 1. The summed E-state index contributed by atoms with van der Waals surface area (Å²) in [7, 11) is 0. The summed E-state index contributed by atoms with van der Waals surface area (Å²) in [6.45, 7) is 4.32. The summed E-state index contributed by atoms with van der Waals surface area (Å²) >= 11 is 0. The van der Waals surface area contributed by atoms with Crippen LogP contribution in [0.25, 0.3) is 0 Å². The minimum absolute atomic E-state index is 0.131. The van der Waals surface area contributed by atoms with E-state index in [1.165, 1.54) is 0 Å². The lowest BCUT2D eigenvalue weighted by atomic mass is 9.71. The standard InChI is InChI=1S/C42H49NO11/c1-2-17-43-18-9-14-29-19-30-28(20-34(29)43)15-16-35(51-24-26-10-5-3-6-11-26)39(30)53-42-33(23-38(48)49)31(21-36(44)45)32(22-37(46)47)40(54-42)41(50)52-25-27-12-7-4-8-13-27/h3-8,10-13,15-16,29,31-34,40,42H,2,9,14,17-25H2,1H3,(H,44,45)(H,46,47)(H,48,49)/t29-,31+,32+,33-,34-,40+,42-/m1/s1. The van der Waals surface area contributed by atoms with Crippen LogP contribution in [0, 0.1) is 23.7 Å². The van der Waals surface area contributed by atoms with E-state index in [-0.39, 0.29) is 13.2 Å². The van der Waals surface area contributed by atoms with Crippen LogP contribution in [0.4, 0.5) is 0 Å². The number of fused-ring (bicyclic) bond motifs is 2. The molecule has 12 heteroatoms. The van der Waals surface area contributed by atoms with Gasteiger partial charge in [0.05, 0.1) is 12.8 Å². The third-order valence-electron chi connectivity index (χ3n) is 11.0. The Hall–Kier alpha value is -4.94. The minimum Gasteiger partial charge on any atom is -0.485 e. The maximum absolute atomic E-state index is 13.8. The van der Waals surface area contributed by atoms with E-state index in [9.17, 15) is 34.5 Å². The highest BCUT2D eigenvalue weighted by Crippen LogP contribution is 2.47. The number of likely N-dealkylation sites (tertiary alicyclic amines) is 1. The second-order valence-corrected chi connectivity index (χ2v) is 14.6. The number of aliphatic carboxylic acids is 3. The first-order valence-corrected chi connectivity index (χ1v) is 18.8. The fraction of sp³-hybridized carbons (Fsp3) is 0.476. The number of nitrogens with zero attached hydrogens (tertiary/aromatic N) is 1. The normalized spacial score (nSPS) is 25.1. The van der Waals surface area contributed by atoms with Gasteiger partial charge in [0.1, 0.15) is 13.2 Å². The van der Waals surface area contributed by atoms with E-state index in [1.807, 2.05) is 48.5 Å². The number of carboxylic acids is 3. The number of carboxylic acid groups (broad SMARTS) is 3. The monoisotopic (exact) mass is 743 g/mol. The van der Waals surface area contributed by atoms with Crippen molar-refractivity contribution in [2.24, 2.45) is 23.7 Å². The molecule has 0 amide bonds. The first-order valence-electron chi connectivity index (χ1n) is 18.8. The number of ether oxygens (including phenoxy) is 4. The number of benzene rings is 3. The minimum atomic E-state index is -1.55. The van der Waals surface area contributed by atoms with Gasteiger partial charge in [0.15, 0.2) is 17.6 Å². The van der Waals surface area contributed by atoms with Crippen molar-refractivity contribution in [3.8, 4) is 11.5 Å². The van der Waals surface area contributed by atoms with Gasteiger partial charge in [-0.3, -0.25) is 19.3 Å². The number of carbonyl (C=O) groups is 4. The molecule has 0 radical (unpaired) electrons. The van der Waals surface area contributed by atoms with Crippen molar-refractivity contribution in [1.82, 2.24) is 4.90 Å². The van der Waals surface area contributed by atoms with Crippen molar-refractivity contribution < 1.29 is 53.4 Å². The molecule has 3 N–H and O–H groups in total. The average Bonchev–Trinajstić information content (AvgIpc) is 3.15. The highest BCUT2D eigenvalue weighted by Gasteiger charge is 2.52. The largest absolute Gasteiger partial charge is 0.485 e. The highest BCUT2D eigenvalue weighted by atomic mass is 16.7. The van der Waals surface area contributed by atoms with E-state index in [4.69, 9.17) is 18.9 Å². The zero-order chi connectivity index (χ0) is 38.2. The quantitative estimate of drug-likeness (QED) is 0.147. The van der Waals surface area contributed by atoms with Crippen LogP contribution in [0.3, 0.4) is 0 Å².